The Bertz CT molecular complexity index is 393. The minimum absolute atomic E-state index is 0.305. The third-order valence-corrected chi connectivity index (χ3v) is 2.21. The molecule has 0 aliphatic heterocycles. The lowest BCUT2D eigenvalue weighted by molar-refractivity contribution is -0.146. The molecule has 0 aliphatic rings. The Morgan fingerprint density at radius 1 is 1.56 bits per heavy atom. The summed E-state index contributed by atoms with van der Waals surface area (Å²) in [6.07, 6.45) is -1.62. The Balaban J connectivity index is 2.34. The first-order valence-corrected chi connectivity index (χ1v) is 5.02. The van der Waals surface area contributed by atoms with Crippen molar-refractivity contribution in [3.8, 4) is 0 Å². The molecule has 1 rings (SSSR count). The van der Waals surface area contributed by atoms with Gasteiger partial charge in [-0.05, 0) is 6.92 Å². The number of aromatic nitrogens is 2. The highest BCUT2D eigenvalue weighted by molar-refractivity contribution is 7.09. The van der Waals surface area contributed by atoms with Gasteiger partial charge in [-0.2, -0.15) is 4.37 Å². The molecule has 1 atom stereocenters. The number of hydrogen-bond donors (Lipinski definition) is 4. The Kier molecular flexibility index (Phi) is 4.14. The number of nitrogens with zero attached hydrogens (tertiary/aromatic N) is 2. The Labute approximate surface area is 94.5 Å². The van der Waals surface area contributed by atoms with Crippen LogP contribution < -0.4 is 10.6 Å². The number of carboxylic acid groups (broad SMARTS) is 1. The zero-order valence-corrected chi connectivity index (χ0v) is 9.11. The van der Waals surface area contributed by atoms with Crippen molar-refractivity contribution in [2.75, 3.05) is 11.9 Å². The number of nitrogens with one attached hydrogen (secondary N) is 2. The highest BCUT2D eigenvalue weighted by atomic mass is 32.1. The molecule has 0 saturated carbocycles. The van der Waals surface area contributed by atoms with Gasteiger partial charge in [-0.1, -0.05) is 0 Å². The summed E-state index contributed by atoms with van der Waals surface area (Å²) in [5.41, 5.74) is 0. The number of hydrogen-bond acceptors (Lipinski definition) is 6. The number of aryl methyl sites for hydroxylation is 1. The van der Waals surface area contributed by atoms with Crippen LogP contribution in [0.5, 0.6) is 0 Å². The zero-order valence-electron chi connectivity index (χ0n) is 8.30. The van der Waals surface area contributed by atoms with Crippen LogP contribution in [0.4, 0.5) is 9.93 Å². The molecule has 4 N–H and O–H groups in total. The molecule has 8 nitrogen and oxygen atoms in total. The van der Waals surface area contributed by atoms with Crippen LogP contribution in [0.2, 0.25) is 0 Å². The highest BCUT2D eigenvalue weighted by Gasteiger charge is 2.14. The molecule has 1 heterocycles. The number of urea groups is 1. The van der Waals surface area contributed by atoms with Gasteiger partial charge >= 0.3 is 12.0 Å². The fraction of sp³-hybridized carbons (Fsp3) is 0.429. The van der Waals surface area contributed by atoms with Crippen molar-refractivity contribution < 1.29 is 19.8 Å². The van der Waals surface area contributed by atoms with Gasteiger partial charge in [0.2, 0.25) is 5.13 Å². The molecule has 0 aromatic carbocycles. The lowest BCUT2D eigenvalue weighted by Crippen LogP contribution is -2.38. The third-order valence-electron chi connectivity index (χ3n) is 1.49. The fourth-order valence-corrected chi connectivity index (χ4v) is 1.34. The Morgan fingerprint density at radius 3 is 2.75 bits per heavy atom. The number of anilines is 1. The summed E-state index contributed by atoms with van der Waals surface area (Å²) >= 11 is 1.01. The van der Waals surface area contributed by atoms with Gasteiger partial charge in [0.25, 0.3) is 0 Å². The Morgan fingerprint density at radius 2 is 2.25 bits per heavy atom. The van der Waals surface area contributed by atoms with Gasteiger partial charge in [0.15, 0.2) is 6.10 Å². The molecule has 0 saturated heterocycles. The lowest BCUT2D eigenvalue weighted by atomic mass is 10.4. The topological polar surface area (TPSA) is 124 Å². The molecule has 0 spiro atoms. The van der Waals surface area contributed by atoms with Crippen LogP contribution in [0.15, 0.2) is 0 Å². The number of aliphatic hydroxyl groups excluding tert-OH is 1. The number of rotatable bonds is 4. The zero-order chi connectivity index (χ0) is 12.1. The van der Waals surface area contributed by atoms with E-state index in [0.717, 1.165) is 11.5 Å². The molecule has 9 heteroatoms. The molecule has 2 amide bonds. The minimum atomic E-state index is -1.62. The van der Waals surface area contributed by atoms with Crippen LogP contribution in [-0.2, 0) is 4.79 Å². The van der Waals surface area contributed by atoms with Crippen LogP contribution >= 0.6 is 11.5 Å². The standard InChI is InChI=1S/C7H10N4O4S/c1-3-9-7(16-11-3)10-6(15)8-2-4(12)5(13)14/h4,12H,2H2,1H3,(H,13,14)(H2,8,9,10,11,15)/t4-/m0/s1. The average Bonchev–Trinajstić information content (AvgIpc) is 2.60. The molecule has 0 bridgehead atoms. The van der Waals surface area contributed by atoms with Crippen molar-refractivity contribution in [3.05, 3.63) is 5.82 Å². The second kappa shape index (κ2) is 5.37. The van der Waals surface area contributed by atoms with E-state index in [1.165, 1.54) is 0 Å². The monoisotopic (exact) mass is 246 g/mol. The molecular weight excluding hydrogens is 236 g/mol. The third kappa shape index (κ3) is 3.79. The van der Waals surface area contributed by atoms with Crippen molar-refractivity contribution in [3.63, 3.8) is 0 Å². The summed E-state index contributed by atoms with van der Waals surface area (Å²) in [6, 6.07) is -0.642. The lowest BCUT2D eigenvalue weighted by Gasteiger charge is -2.07. The highest BCUT2D eigenvalue weighted by Crippen LogP contribution is 2.09. The number of carboxylic acids is 1. The smallest absolute Gasteiger partial charge is 0.334 e. The first kappa shape index (κ1) is 12.3. The van der Waals surface area contributed by atoms with Gasteiger partial charge in [-0.15, -0.1) is 0 Å². The summed E-state index contributed by atoms with van der Waals surface area (Å²) in [7, 11) is 0. The summed E-state index contributed by atoms with van der Waals surface area (Å²) in [5, 5.41) is 22.1. The molecular formula is C7H10N4O4S. The van der Waals surface area contributed by atoms with E-state index in [-0.39, 0.29) is 6.54 Å². The van der Waals surface area contributed by atoms with E-state index in [0.29, 0.717) is 11.0 Å². The quantitative estimate of drug-likeness (QED) is 0.563. The molecule has 1 aromatic heterocycles. The molecule has 16 heavy (non-hydrogen) atoms. The largest absolute Gasteiger partial charge is 0.479 e. The number of amides is 2. The summed E-state index contributed by atoms with van der Waals surface area (Å²) in [4.78, 5) is 25.3. The van der Waals surface area contributed by atoms with E-state index < -0.39 is 18.1 Å². The SMILES string of the molecule is Cc1nsc(NC(=O)NC[C@H](O)C(=O)O)n1. The van der Waals surface area contributed by atoms with Crippen molar-refractivity contribution >= 4 is 28.7 Å². The number of carbonyl (C=O) groups is 2. The normalized spacial score (nSPS) is 11.9. The van der Waals surface area contributed by atoms with Gasteiger partial charge in [0, 0.05) is 11.5 Å². The predicted octanol–water partition coefficient (Wildman–Crippen LogP) is -0.586. The van der Waals surface area contributed by atoms with Crippen LogP contribution in [-0.4, -0.2) is 44.2 Å². The summed E-state index contributed by atoms with van der Waals surface area (Å²) in [5.74, 6) is -0.863. The van der Waals surface area contributed by atoms with E-state index in [4.69, 9.17) is 10.2 Å². The maximum atomic E-state index is 11.2. The van der Waals surface area contributed by atoms with Crippen molar-refractivity contribution in [1.82, 2.24) is 14.7 Å². The summed E-state index contributed by atoms with van der Waals surface area (Å²) in [6.45, 7) is 1.30. The molecule has 1 aromatic rings. The van der Waals surface area contributed by atoms with Gasteiger partial charge in [0.1, 0.15) is 5.82 Å². The van der Waals surface area contributed by atoms with E-state index in [1.807, 2.05) is 0 Å². The van der Waals surface area contributed by atoms with Crippen molar-refractivity contribution in [1.29, 1.82) is 0 Å². The van der Waals surface area contributed by atoms with Crippen molar-refractivity contribution in [2.24, 2.45) is 0 Å². The van der Waals surface area contributed by atoms with Gasteiger partial charge in [-0.25, -0.2) is 14.6 Å². The minimum Gasteiger partial charge on any atom is -0.479 e. The molecule has 0 aliphatic carbocycles. The molecule has 0 fully saturated rings. The maximum absolute atomic E-state index is 11.2. The van der Waals surface area contributed by atoms with E-state index in [9.17, 15) is 9.59 Å². The van der Waals surface area contributed by atoms with Crippen molar-refractivity contribution in [2.45, 2.75) is 13.0 Å². The van der Waals surface area contributed by atoms with Crippen LogP contribution in [0.3, 0.4) is 0 Å². The van der Waals surface area contributed by atoms with Gasteiger partial charge in [-0.3, -0.25) is 5.32 Å². The second-order valence-electron chi connectivity index (χ2n) is 2.84. The van der Waals surface area contributed by atoms with Crippen LogP contribution in [0.25, 0.3) is 0 Å². The molecule has 0 unspecified atom stereocenters. The molecule has 0 radical (unpaired) electrons. The molecule has 88 valence electrons. The van der Waals surface area contributed by atoms with Crippen LogP contribution in [0, 0.1) is 6.92 Å². The first-order chi connectivity index (χ1) is 7.49. The van der Waals surface area contributed by atoms with Crippen LogP contribution in [0.1, 0.15) is 5.82 Å². The van der Waals surface area contributed by atoms with Gasteiger partial charge in [0.05, 0.1) is 6.54 Å². The van der Waals surface area contributed by atoms with E-state index in [1.54, 1.807) is 6.92 Å². The number of aliphatic carboxylic acids is 1. The summed E-state index contributed by atoms with van der Waals surface area (Å²) < 4.78 is 3.84. The second-order valence-corrected chi connectivity index (χ2v) is 3.59. The average molecular weight is 246 g/mol. The predicted molar refractivity (Wildman–Crippen MR) is 55.3 cm³/mol. The number of aliphatic hydroxyl groups is 1. The van der Waals surface area contributed by atoms with Gasteiger partial charge < -0.3 is 15.5 Å². The fourth-order valence-electron chi connectivity index (χ4n) is 0.766. The Hall–Kier alpha value is -1.74. The van der Waals surface area contributed by atoms with E-state index >= 15 is 0 Å². The first-order valence-electron chi connectivity index (χ1n) is 4.25. The maximum Gasteiger partial charge on any atom is 0.334 e. The number of carbonyl (C=O) groups excluding carboxylic acids is 1. The van der Waals surface area contributed by atoms with E-state index in [2.05, 4.69) is 20.0 Å².